The Morgan fingerprint density at radius 1 is 1.22 bits per heavy atom. The average molecular weight is 338 g/mol. The van der Waals surface area contributed by atoms with Crippen molar-refractivity contribution in [2.75, 3.05) is 13.1 Å². The highest BCUT2D eigenvalue weighted by Gasteiger charge is 2.80. The summed E-state index contributed by atoms with van der Waals surface area (Å²) in [6.45, 7) is 3.10. The second kappa shape index (κ2) is 5.05. The van der Waals surface area contributed by atoms with E-state index in [2.05, 4.69) is 9.69 Å². The molecule has 0 radical (unpaired) electrons. The Balaban J connectivity index is 1.66. The number of hydrogen-bond donors (Lipinski definition) is 1. The fraction of sp³-hybridized carbons (Fsp3) is 0.471. The van der Waals surface area contributed by atoms with Crippen LogP contribution in [0.3, 0.4) is 0 Å². The molecule has 1 unspecified atom stereocenters. The van der Waals surface area contributed by atoms with Crippen molar-refractivity contribution >= 4 is 11.5 Å². The quantitative estimate of drug-likeness (QED) is 0.880. The zero-order valence-corrected chi connectivity index (χ0v) is 13.5. The smallest absolute Gasteiger partial charge is 0.263 e. The molecular weight excluding hydrogens is 321 g/mol. The van der Waals surface area contributed by atoms with Gasteiger partial charge >= 0.3 is 0 Å². The third-order valence-electron chi connectivity index (χ3n) is 5.27. The van der Waals surface area contributed by atoms with E-state index in [1.54, 1.807) is 12.1 Å². The van der Waals surface area contributed by atoms with Gasteiger partial charge < -0.3 is 5.32 Å². The predicted octanol–water partition coefficient (Wildman–Crippen LogP) is 4.36. The second-order valence-corrected chi connectivity index (χ2v) is 7.34. The third-order valence-corrected chi connectivity index (χ3v) is 6.11. The molecule has 4 rings (SSSR count). The van der Waals surface area contributed by atoms with Crippen LogP contribution in [0.15, 0.2) is 24.3 Å². The molecule has 0 bridgehead atoms. The molecule has 2 fully saturated rings. The highest BCUT2D eigenvalue weighted by atomic mass is 32.1. The van der Waals surface area contributed by atoms with Crippen LogP contribution in [0.2, 0.25) is 0 Å². The lowest BCUT2D eigenvalue weighted by Gasteiger charge is -2.22. The Morgan fingerprint density at radius 2 is 1.96 bits per heavy atom. The minimum Gasteiger partial charge on any atom is -0.317 e. The van der Waals surface area contributed by atoms with Gasteiger partial charge in [0.15, 0.2) is 0 Å². The topological polar surface area (TPSA) is 24.9 Å². The summed E-state index contributed by atoms with van der Waals surface area (Å²) in [6.07, 6.45) is 0.986. The summed E-state index contributed by atoms with van der Waals surface area (Å²) in [6, 6.07) is 6.30. The van der Waals surface area contributed by atoms with Gasteiger partial charge in [-0.3, -0.25) is 0 Å². The van der Waals surface area contributed by atoms with Crippen molar-refractivity contribution in [2.24, 2.45) is 5.41 Å². The molecule has 1 saturated carbocycles. The molecule has 1 aliphatic heterocycles. The largest absolute Gasteiger partial charge is 0.317 e. The fourth-order valence-corrected chi connectivity index (χ4v) is 4.79. The van der Waals surface area contributed by atoms with Crippen molar-refractivity contribution < 1.29 is 13.2 Å². The summed E-state index contributed by atoms with van der Waals surface area (Å²) >= 11 is 1.22. The molecule has 6 heteroatoms. The van der Waals surface area contributed by atoms with Crippen LogP contribution in [0, 0.1) is 18.2 Å². The number of aryl methyl sites for hydroxylation is 1. The normalized spacial score (nSPS) is 24.8. The monoisotopic (exact) mass is 338 g/mol. The van der Waals surface area contributed by atoms with Crippen molar-refractivity contribution in [3.63, 3.8) is 0 Å². The molecular formula is C17H17F3N2S. The van der Waals surface area contributed by atoms with E-state index in [4.69, 9.17) is 0 Å². The van der Waals surface area contributed by atoms with Crippen molar-refractivity contribution in [1.29, 1.82) is 0 Å². The minimum atomic E-state index is -2.67. The van der Waals surface area contributed by atoms with E-state index < -0.39 is 17.3 Å². The van der Waals surface area contributed by atoms with Crippen LogP contribution in [0.5, 0.6) is 0 Å². The molecule has 1 aliphatic carbocycles. The van der Waals surface area contributed by atoms with Gasteiger partial charge in [-0.2, -0.15) is 4.37 Å². The van der Waals surface area contributed by atoms with Crippen LogP contribution in [-0.4, -0.2) is 23.4 Å². The number of rotatable bonds is 2. The van der Waals surface area contributed by atoms with Gasteiger partial charge in [0.05, 0.1) is 21.9 Å². The van der Waals surface area contributed by atoms with Crippen LogP contribution in [0.1, 0.15) is 30.0 Å². The van der Waals surface area contributed by atoms with Gasteiger partial charge in [-0.05, 0) is 73.7 Å². The molecule has 2 nitrogen and oxygen atoms in total. The van der Waals surface area contributed by atoms with E-state index in [9.17, 15) is 13.2 Å². The molecule has 1 aromatic carbocycles. The summed E-state index contributed by atoms with van der Waals surface area (Å²) in [7, 11) is 0. The SMILES string of the molecule is Cc1cc(F)ccc1-c1cc(C2C(F)(F)C23CCNCC3)ns1. The molecule has 0 amide bonds. The summed E-state index contributed by atoms with van der Waals surface area (Å²) in [5.41, 5.74) is 1.22. The van der Waals surface area contributed by atoms with Crippen LogP contribution in [0.4, 0.5) is 13.2 Å². The van der Waals surface area contributed by atoms with Crippen LogP contribution < -0.4 is 5.32 Å². The highest BCUT2D eigenvalue weighted by molar-refractivity contribution is 7.09. The van der Waals surface area contributed by atoms with E-state index in [1.165, 1.54) is 23.7 Å². The van der Waals surface area contributed by atoms with Gasteiger partial charge in [0.25, 0.3) is 5.92 Å². The van der Waals surface area contributed by atoms with Gasteiger partial charge in [-0.25, -0.2) is 13.2 Å². The van der Waals surface area contributed by atoms with Gasteiger partial charge in [-0.1, -0.05) is 6.07 Å². The maximum atomic E-state index is 14.5. The Bertz CT molecular complexity index is 750. The maximum absolute atomic E-state index is 14.5. The van der Waals surface area contributed by atoms with Crippen molar-refractivity contribution in [2.45, 2.75) is 31.6 Å². The number of nitrogens with zero attached hydrogens (tertiary/aromatic N) is 1. The van der Waals surface area contributed by atoms with Gasteiger partial charge in [0.1, 0.15) is 5.82 Å². The van der Waals surface area contributed by atoms with Crippen LogP contribution >= 0.6 is 11.5 Å². The van der Waals surface area contributed by atoms with E-state index in [-0.39, 0.29) is 5.82 Å². The molecule has 1 aromatic heterocycles. The number of halogens is 3. The first-order valence-electron chi connectivity index (χ1n) is 7.77. The average Bonchev–Trinajstić information content (AvgIpc) is 2.84. The number of nitrogens with one attached hydrogen (secondary N) is 1. The van der Waals surface area contributed by atoms with Gasteiger partial charge in [-0.15, -0.1) is 0 Å². The van der Waals surface area contributed by atoms with Gasteiger partial charge in [0.2, 0.25) is 0 Å². The molecule has 1 saturated heterocycles. The zero-order valence-electron chi connectivity index (χ0n) is 12.7. The van der Waals surface area contributed by atoms with Crippen molar-refractivity contribution in [1.82, 2.24) is 9.69 Å². The highest BCUT2D eigenvalue weighted by Crippen LogP contribution is 2.75. The lowest BCUT2D eigenvalue weighted by atomic mass is 9.90. The van der Waals surface area contributed by atoms with Crippen molar-refractivity contribution in [3.05, 3.63) is 41.3 Å². The summed E-state index contributed by atoms with van der Waals surface area (Å²) < 4.78 is 46.4. The van der Waals surface area contributed by atoms with E-state index in [0.29, 0.717) is 31.6 Å². The number of alkyl halides is 2. The molecule has 1 atom stereocenters. The second-order valence-electron chi connectivity index (χ2n) is 6.54. The number of piperidine rings is 1. The molecule has 1 spiro atoms. The van der Waals surface area contributed by atoms with E-state index in [1.807, 2.05) is 6.92 Å². The number of hydrogen-bond acceptors (Lipinski definition) is 3. The Morgan fingerprint density at radius 3 is 2.65 bits per heavy atom. The fourth-order valence-electron chi connectivity index (χ4n) is 3.93. The van der Waals surface area contributed by atoms with Crippen LogP contribution in [-0.2, 0) is 0 Å². The summed E-state index contributed by atoms with van der Waals surface area (Å²) in [5, 5.41) is 3.15. The molecule has 2 aliphatic rings. The third kappa shape index (κ3) is 2.15. The van der Waals surface area contributed by atoms with E-state index in [0.717, 1.165) is 16.0 Å². The zero-order chi connectivity index (χ0) is 16.2. The van der Waals surface area contributed by atoms with Crippen LogP contribution in [0.25, 0.3) is 10.4 Å². The first kappa shape index (κ1) is 15.1. The first-order chi connectivity index (χ1) is 11.0. The Hall–Kier alpha value is -1.40. The first-order valence-corrected chi connectivity index (χ1v) is 8.55. The molecule has 122 valence electrons. The maximum Gasteiger partial charge on any atom is 0.263 e. The molecule has 1 N–H and O–H groups in total. The number of aromatic nitrogens is 1. The Labute approximate surface area is 136 Å². The lowest BCUT2D eigenvalue weighted by molar-refractivity contribution is 0.0492. The standard InChI is InChI=1S/C17H17F3N2S/c1-10-8-11(18)2-3-12(10)14-9-13(22-23-14)15-16(17(15,19)20)4-6-21-7-5-16/h2-3,8-9,15,21H,4-7H2,1H3. The predicted molar refractivity (Wildman–Crippen MR) is 84.5 cm³/mol. The molecule has 2 heterocycles. The number of benzene rings is 1. The van der Waals surface area contributed by atoms with Gasteiger partial charge in [0, 0.05) is 0 Å². The van der Waals surface area contributed by atoms with E-state index >= 15 is 0 Å². The Kier molecular flexibility index (Phi) is 3.32. The molecule has 2 aromatic rings. The van der Waals surface area contributed by atoms with Crippen molar-refractivity contribution in [3.8, 4) is 10.4 Å². The summed E-state index contributed by atoms with van der Waals surface area (Å²) in [5.74, 6) is -3.74. The minimum absolute atomic E-state index is 0.293. The lowest BCUT2D eigenvalue weighted by Crippen LogP contribution is -2.32. The molecule has 23 heavy (non-hydrogen) atoms. The summed E-state index contributed by atoms with van der Waals surface area (Å²) in [4.78, 5) is 0.823.